The maximum absolute atomic E-state index is 13.0. The summed E-state index contributed by atoms with van der Waals surface area (Å²) < 4.78 is 1.90. The van der Waals surface area contributed by atoms with Gasteiger partial charge in [-0.25, -0.2) is 4.98 Å². The molecule has 5 heteroatoms. The molecular formula is C19H24N2OS2. The molecule has 128 valence electrons. The zero-order valence-electron chi connectivity index (χ0n) is 14.5. The molecule has 2 atom stereocenters. The van der Waals surface area contributed by atoms with Gasteiger partial charge in [0.15, 0.2) is 5.16 Å². The second kappa shape index (κ2) is 7.79. The first-order valence-electron chi connectivity index (χ1n) is 8.59. The van der Waals surface area contributed by atoms with Crippen LogP contribution in [0.4, 0.5) is 0 Å². The summed E-state index contributed by atoms with van der Waals surface area (Å²) in [4.78, 5) is 18.7. The quantitative estimate of drug-likeness (QED) is 0.564. The van der Waals surface area contributed by atoms with Gasteiger partial charge in [0.1, 0.15) is 0 Å². The molecule has 2 unspecified atom stereocenters. The molecule has 3 rings (SSSR count). The highest BCUT2D eigenvalue weighted by molar-refractivity contribution is 8.00. The lowest BCUT2D eigenvalue weighted by Crippen LogP contribution is -2.26. The van der Waals surface area contributed by atoms with Gasteiger partial charge in [-0.15, -0.1) is 11.8 Å². The number of hydrogen-bond donors (Lipinski definition) is 0. The predicted molar refractivity (Wildman–Crippen MR) is 103 cm³/mol. The SMILES string of the molecule is CCC(C)Sc1nc2c(c(=O)n1CCc1ccccc1)SC(C)C2. The number of benzene rings is 1. The van der Waals surface area contributed by atoms with E-state index >= 15 is 0 Å². The lowest BCUT2D eigenvalue weighted by atomic mass is 10.1. The summed E-state index contributed by atoms with van der Waals surface area (Å²) in [6.45, 7) is 7.23. The molecule has 1 aromatic carbocycles. The predicted octanol–water partition coefficient (Wildman–Crippen LogP) is 4.41. The fourth-order valence-corrected chi connectivity index (χ4v) is 4.88. The highest BCUT2D eigenvalue weighted by Crippen LogP contribution is 2.35. The largest absolute Gasteiger partial charge is 0.286 e. The number of rotatable bonds is 6. The minimum absolute atomic E-state index is 0.149. The van der Waals surface area contributed by atoms with Crippen molar-refractivity contribution in [3.63, 3.8) is 0 Å². The molecule has 0 amide bonds. The van der Waals surface area contributed by atoms with Crippen LogP contribution in [0.25, 0.3) is 0 Å². The monoisotopic (exact) mass is 360 g/mol. The van der Waals surface area contributed by atoms with Crippen molar-refractivity contribution < 1.29 is 0 Å². The van der Waals surface area contributed by atoms with Crippen LogP contribution < -0.4 is 5.56 Å². The smallest absolute Gasteiger partial charge is 0.268 e. The Bertz CT molecular complexity index is 758. The van der Waals surface area contributed by atoms with Crippen molar-refractivity contribution in [3.8, 4) is 0 Å². The van der Waals surface area contributed by atoms with Crippen molar-refractivity contribution in [1.29, 1.82) is 0 Å². The lowest BCUT2D eigenvalue weighted by Gasteiger charge is -2.16. The zero-order chi connectivity index (χ0) is 17.1. The number of aryl methyl sites for hydroxylation is 1. The van der Waals surface area contributed by atoms with E-state index in [1.165, 1.54) is 5.56 Å². The highest BCUT2D eigenvalue weighted by Gasteiger charge is 2.26. The molecular weight excluding hydrogens is 336 g/mol. The summed E-state index contributed by atoms with van der Waals surface area (Å²) in [5.74, 6) is 0. The van der Waals surface area contributed by atoms with Crippen molar-refractivity contribution in [2.45, 2.75) is 67.1 Å². The summed E-state index contributed by atoms with van der Waals surface area (Å²) >= 11 is 3.41. The standard InChI is InChI=1S/C19H24N2OS2/c1-4-13(2)24-19-20-16-12-14(3)23-17(16)18(22)21(19)11-10-15-8-6-5-7-9-15/h5-9,13-14H,4,10-12H2,1-3H3. The van der Waals surface area contributed by atoms with E-state index in [9.17, 15) is 4.79 Å². The van der Waals surface area contributed by atoms with Crippen LogP contribution in [0, 0.1) is 0 Å². The van der Waals surface area contributed by atoms with Gasteiger partial charge in [-0.3, -0.25) is 9.36 Å². The minimum atomic E-state index is 0.149. The molecule has 1 aliphatic rings. The van der Waals surface area contributed by atoms with Gasteiger partial charge >= 0.3 is 0 Å². The summed E-state index contributed by atoms with van der Waals surface area (Å²) in [6.07, 6.45) is 2.83. The first-order valence-corrected chi connectivity index (χ1v) is 10.3. The van der Waals surface area contributed by atoms with Crippen molar-refractivity contribution in [2.24, 2.45) is 0 Å². The zero-order valence-corrected chi connectivity index (χ0v) is 16.1. The Balaban J connectivity index is 1.93. The third-order valence-electron chi connectivity index (χ3n) is 4.31. The number of fused-ring (bicyclic) bond motifs is 1. The van der Waals surface area contributed by atoms with Crippen molar-refractivity contribution in [2.75, 3.05) is 0 Å². The summed E-state index contributed by atoms with van der Waals surface area (Å²) in [5, 5.41) is 1.80. The van der Waals surface area contributed by atoms with Gasteiger partial charge in [-0.2, -0.15) is 0 Å². The van der Waals surface area contributed by atoms with E-state index in [4.69, 9.17) is 4.98 Å². The molecule has 0 radical (unpaired) electrons. The van der Waals surface area contributed by atoms with Crippen molar-refractivity contribution >= 4 is 23.5 Å². The van der Waals surface area contributed by atoms with E-state index in [1.807, 2.05) is 22.8 Å². The van der Waals surface area contributed by atoms with Crippen LogP contribution in [0.3, 0.4) is 0 Å². The van der Waals surface area contributed by atoms with Crippen LogP contribution >= 0.6 is 23.5 Å². The maximum Gasteiger partial charge on any atom is 0.268 e. The van der Waals surface area contributed by atoms with Crippen LogP contribution in [0.2, 0.25) is 0 Å². The Morgan fingerprint density at radius 2 is 2.12 bits per heavy atom. The van der Waals surface area contributed by atoms with Crippen molar-refractivity contribution in [3.05, 3.63) is 51.9 Å². The normalized spacial score (nSPS) is 17.7. The van der Waals surface area contributed by atoms with Gasteiger partial charge < -0.3 is 0 Å². The topological polar surface area (TPSA) is 34.9 Å². The maximum atomic E-state index is 13.0. The highest BCUT2D eigenvalue weighted by atomic mass is 32.2. The van der Waals surface area contributed by atoms with Gasteiger partial charge in [-0.1, -0.05) is 62.9 Å². The molecule has 0 saturated heterocycles. The number of nitrogens with zero attached hydrogens (tertiary/aromatic N) is 2. The van der Waals surface area contributed by atoms with E-state index in [2.05, 4.69) is 32.9 Å². The molecule has 2 heterocycles. The number of aromatic nitrogens is 2. The van der Waals surface area contributed by atoms with E-state index in [-0.39, 0.29) is 5.56 Å². The average Bonchev–Trinajstić information content (AvgIpc) is 2.96. The molecule has 1 aromatic heterocycles. The Kier molecular flexibility index (Phi) is 5.72. The van der Waals surface area contributed by atoms with Gasteiger partial charge in [0.2, 0.25) is 0 Å². The van der Waals surface area contributed by atoms with E-state index in [1.54, 1.807) is 23.5 Å². The third-order valence-corrected chi connectivity index (χ3v) is 6.78. The fourth-order valence-electron chi connectivity index (χ4n) is 2.77. The molecule has 0 bridgehead atoms. The van der Waals surface area contributed by atoms with Crippen LogP contribution in [0.15, 0.2) is 45.2 Å². The molecule has 1 aliphatic heterocycles. The molecule has 0 N–H and O–H groups in total. The Morgan fingerprint density at radius 3 is 2.83 bits per heavy atom. The molecule has 0 fully saturated rings. The van der Waals surface area contributed by atoms with Crippen LogP contribution in [0.1, 0.15) is 38.4 Å². The van der Waals surface area contributed by atoms with Gasteiger partial charge in [0.25, 0.3) is 5.56 Å². The molecule has 24 heavy (non-hydrogen) atoms. The van der Waals surface area contributed by atoms with E-state index in [0.717, 1.165) is 35.0 Å². The van der Waals surface area contributed by atoms with Crippen molar-refractivity contribution in [1.82, 2.24) is 9.55 Å². The molecule has 0 saturated carbocycles. The third kappa shape index (κ3) is 3.89. The molecule has 3 nitrogen and oxygen atoms in total. The Morgan fingerprint density at radius 1 is 1.38 bits per heavy atom. The summed E-state index contributed by atoms with van der Waals surface area (Å²) in [5.41, 5.74) is 2.40. The number of thioether (sulfide) groups is 2. The molecule has 2 aromatic rings. The summed E-state index contributed by atoms with van der Waals surface area (Å²) in [6, 6.07) is 10.3. The Labute approximate surface area is 152 Å². The first kappa shape index (κ1) is 17.6. The van der Waals surface area contributed by atoms with Crippen LogP contribution in [0.5, 0.6) is 0 Å². The summed E-state index contributed by atoms with van der Waals surface area (Å²) in [7, 11) is 0. The van der Waals surface area contributed by atoms with Crippen LogP contribution in [-0.4, -0.2) is 20.1 Å². The Hall–Kier alpha value is -1.20. The second-order valence-corrected chi connectivity index (χ2v) is 9.19. The van der Waals surface area contributed by atoms with Gasteiger partial charge in [-0.05, 0) is 18.4 Å². The molecule has 0 spiro atoms. The average molecular weight is 361 g/mol. The van der Waals surface area contributed by atoms with E-state index in [0.29, 0.717) is 17.0 Å². The van der Waals surface area contributed by atoms with Gasteiger partial charge in [0, 0.05) is 23.5 Å². The number of hydrogen-bond acceptors (Lipinski definition) is 4. The molecule has 0 aliphatic carbocycles. The minimum Gasteiger partial charge on any atom is -0.286 e. The van der Waals surface area contributed by atoms with Gasteiger partial charge in [0.05, 0.1) is 10.6 Å². The lowest BCUT2D eigenvalue weighted by molar-refractivity contribution is 0.563. The van der Waals surface area contributed by atoms with Crippen LogP contribution in [-0.2, 0) is 19.4 Å². The van der Waals surface area contributed by atoms with E-state index < -0.39 is 0 Å². The second-order valence-electron chi connectivity index (χ2n) is 6.33. The first-order chi connectivity index (χ1) is 11.6. The fraction of sp³-hybridized carbons (Fsp3) is 0.474.